The summed E-state index contributed by atoms with van der Waals surface area (Å²) in [6.07, 6.45) is 3.21. The Morgan fingerprint density at radius 3 is 2.55 bits per heavy atom. The van der Waals surface area contributed by atoms with Crippen LogP contribution in [0.25, 0.3) is 0 Å². The number of carboxylic acids is 1. The van der Waals surface area contributed by atoms with Gasteiger partial charge in [0.05, 0.1) is 6.42 Å². The number of rotatable bonds is 5. The van der Waals surface area contributed by atoms with Crippen LogP contribution in [-0.4, -0.2) is 33.2 Å². The third-order valence-corrected chi connectivity index (χ3v) is 3.16. The van der Waals surface area contributed by atoms with Gasteiger partial charge in [-0.1, -0.05) is 0 Å². The van der Waals surface area contributed by atoms with E-state index in [9.17, 15) is 9.59 Å². The van der Waals surface area contributed by atoms with Crippen LogP contribution in [0.5, 0.6) is 0 Å². The molecule has 0 aliphatic carbocycles. The van der Waals surface area contributed by atoms with Crippen molar-refractivity contribution in [2.75, 3.05) is 11.4 Å². The van der Waals surface area contributed by atoms with Crippen molar-refractivity contribution in [2.45, 2.75) is 52.6 Å². The van der Waals surface area contributed by atoms with Gasteiger partial charge in [0, 0.05) is 30.5 Å². The molecule has 1 aromatic rings. The fourth-order valence-corrected chi connectivity index (χ4v) is 2.16. The summed E-state index contributed by atoms with van der Waals surface area (Å²) in [5.74, 6) is -0.582. The maximum atomic E-state index is 12.5. The third kappa shape index (κ3) is 3.59. The van der Waals surface area contributed by atoms with Crippen molar-refractivity contribution in [2.24, 2.45) is 0 Å². The normalized spacial score (nSPS) is 13.1. The monoisotopic (exact) mass is 281 g/mol. The fraction of sp³-hybridized carbons (Fsp3) is 0.643. The van der Waals surface area contributed by atoms with E-state index in [2.05, 4.69) is 4.98 Å². The zero-order valence-corrected chi connectivity index (χ0v) is 12.8. The summed E-state index contributed by atoms with van der Waals surface area (Å²) in [6.45, 7) is 10.0. The van der Waals surface area contributed by atoms with Gasteiger partial charge in [0.2, 0.25) is 0 Å². The molecule has 0 radical (unpaired) electrons. The smallest absolute Gasteiger partial charge is 0.305 e. The number of hydrogen-bond acceptors (Lipinski definition) is 4. The molecule has 0 fully saturated rings. The van der Waals surface area contributed by atoms with Gasteiger partial charge in [0.25, 0.3) is 5.56 Å². The van der Waals surface area contributed by atoms with E-state index in [0.29, 0.717) is 12.4 Å². The quantitative estimate of drug-likeness (QED) is 0.889. The molecule has 1 rings (SSSR count). The van der Waals surface area contributed by atoms with Crippen LogP contribution in [0, 0.1) is 0 Å². The van der Waals surface area contributed by atoms with E-state index in [1.54, 1.807) is 28.8 Å². The van der Waals surface area contributed by atoms with Crippen LogP contribution in [0.4, 0.5) is 5.82 Å². The van der Waals surface area contributed by atoms with Crippen LogP contribution in [0.2, 0.25) is 0 Å². The van der Waals surface area contributed by atoms with E-state index >= 15 is 0 Å². The molecule has 0 saturated carbocycles. The molecule has 20 heavy (non-hydrogen) atoms. The van der Waals surface area contributed by atoms with E-state index in [1.165, 1.54) is 0 Å². The molecular formula is C14H23N3O3. The highest BCUT2D eigenvalue weighted by atomic mass is 16.4. The lowest BCUT2D eigenvalue weighted by Gasteiger charge is -2.29. The SMILES string of the molecule is CCN(c1nccn(C(C)(C)C)c1=O)C(C)CC(=O)O. The molecule has 0 saturated heterocycles. The predicted octanol–water partition coefficient (Wildman–Crippen LogP) is 1.69. The first kappa shape index (κ1) is 16.2. The van der Waals surface area contributed by atoms with Gasteiger partial charge in [-0.15, -0.1) is 0 Å². The third-order valence-electron chi connectivity index (χ3n) is 3.16. The lowest BCUT2D eigenvalue weighted by Crippen LogP contribution is -2.42. The Balaban J connectivity index is 3.24. The van der Waals surface area contributed by atoms with E-state index in [-0.39, 0.29) is 23.6 Å². The molecule has 1 N–H and O–H groups in total. The fourth-order valence-electron chi connectivity index (χ4n) is 2.16. The molecule has 1 heterocycles. The maximum absolute atomic E-state index is 12.5. The molecule has 0 spiro atoms. The summed E-state index contributed by atoms with van der Waals surface area (Å²) in [4.78, 5) is 29.2. The standard InChI is InChI=1S/C14H23N3O3/c1-6-16(10(2)9-11(18)19)12-13(20)17(8-7-15-12)14(3,4)5/h7-8,10H,6,9H2,1-5H3,(H,18,19). The van der Waals surface area contributed by atoms with E-state index in [0.717, 1.165) is 0 Å². The zero-order valence-electron chi connectivity index (χ0n) is 12.8. The Morgan fingerprint density at radius 1 is 1.50 bits per heavy atom. The van der Waals surface area contributed by atoms with Crippen LogP contribution >= 0.6 is 0 Å². The summed E-state index contributed by atoms with van der Waals surface area (Å²) >= 11 is 0. The maximum Gasteiger partial charge on any atom is 0.305 e. The lowest BCUT2D eigenvalue weighted by molar-refractivity contribution is -0.137. The number of carboxylic acid groups (broad SMARTS) is 1. The summed E-state index contributed by atoms with van der Waals surface area (Å²) in [5, 5.41) is 8.90. The minimum absolute atomic E-state index is 0.0284. The molecule has 1 unspecified atom stereocenters. The average molecular weight is 281 g/mol. The average Bonchev–Trinajstić information content (AvgIpc) is 2.29. The first-order valence-corrected chi connectivity index (χ1v) is 6.75. The molecule has 0 aliphatic rings. The second-order valence-corrected chi connectivity index (χ2v) is 5.83. The minimum atomic E-state index is -0.886. The van der Waals surface area contributed by atoms with E-state index < -0.39 is 5.97 Å². The molecule has 112 valence electrons. The number of hydrogen-bond donors (Lipinski definition) is 1. The van der Waals surface area contributed by atoms with Gasteiger partial charge >= 0.3 is 5.97 Å². The van der Waals surface area contributed by atoms with Crippen LogP contribution < -0.4 is 10.5 Å². The Bertz CT molecular complexity index is 531. The molecule has 1 atom stereocenters. The lowest BCUT2D eigenvalue weighted by atomic mass is 10.1. The summed E-state index contributed by atoms with van der Waals surface area (Å²) in [7, 11) is 0. The molecule has 1 aromatic heterocycles. The highest BCUT2D eigenvalue weighted by molar-refractivity contribution is 5.68. The summed E-state index contributed by atoms with van der Waals surface area (Å²) < 4.78 is 1.62. The van der Waals surface area contributed by atoms with Crippen molar-refractivity contribution < 1.29 is 9.90 Å². The predicted molar refractivity (Wildman–Crippen MR) is 78.2 cm³/mol. The number of aliphatic carboxylic acids is 1. The summed E-state index contributed by atoms with van der Waals surface area (Å²) in [6, 6.07) is -0.284. The second-order valence-electron chi connectivity index (χ2n) is 5.83. The van der Waals surface area contributed by atoms with Crippen LogP contribution in [0.15, 0.2) is 17.2 Å². The van der Waals surface area contributed by atoms with Crippen LogP contribution in [0.3, 0.4) is 0 Å². The molecule has 6 nitrogen and oxygen atoms in total. The van der Waals surface area contributed by atoms with Crippen molar-refractivity contribution >= 4 is 11.8 Å². The van der Waals surface area contributed by atoms with Crippen LogP contribution in [-0.2, 0) is 10.3 Å². The first-order valence-electron chi connectivity index (χ1n) is 6.75. The number of aromatic nitrogens is 2. The van der Waals surface area contributed by atoms with Crippen molar-refractivity contribution in [3.63, 3.8) is 0 Å². The van der Waals surface area contributed by atoms with Gasteiger partial charge < -0.3 is 14.6 Å². The Kier molecular flexibility index (Phi) is 4.92. The molecule has 6 heteroatoms. The summed E-state index contributed by atoms with van der Waals surface area (Å²) in [5.41, 5.74) is -0.538. The van der Waals surface area contributed by atoms with Gasteiger partial charge in [0.15, 0.2) is 5.82 Å². The van der Waals surface area contributed by atoms with Crippen molar-refractivity contribution in [1.82, 2.24) is 9.55 Å². The number of nitrogens with zero attached hydrogens (tertiary/aromatic N) is 3. The van der Waals surface area contributed by atoms with Gasteiger partial charge in [-0.3, -0.25) is 9.59 Å². The number of anilines is 1. The minimum Gasteiger partial charge on any atom is -0.481 e. The molecule has 0 amide bonds. The van der Waals surface area contributed by atoms with Gasteiger partial charge in [0.1, 0.15) is 0 Å². The van der Waals surface area contributed by atoms with Crippen molar-refractivity contribution in [1.29, 1.82) is 0 Å². The van der Waals surface area contributed by atoms with Gasteiger partial charge in [-0.2, -0.15) is 0 Å². The van der Waals surface area contributed by atoms with Crippen LogP contribution in [0.1, 0.15) is 41.0 Å². The molecule has 0 bridgehead atoms. The van der Waals surface area contributed by atoms with Crippen molar-refractivity contribution in [3.05, 3.63) is 22.7 Å². The first-order chi connectivity index (χ1) is 9.18. The van der Waals surface area contributed by atoms with Gasteiger partial charge in [-0.05, 0) is 34.6 Å². The second kappa shape index (κ2) is 6.07. The Labute approximate surface area is 119 Å². The molecule has 0 aromatic carbocycles. The Morgan fingerprint density at radius 2 is 2.10 bits per heavy atom. The largest absolute Gasteiger partial charge is 0.481 e. The molecule has 0 aliphatic heterocycles. The highest BCUT2D eigenvalue weighted by Gasteiger charge is 2.23. The van der Waals surface area contributed by atoms with Gasteiger partial charge in [-0.25, -0.2) is 4.98 Å². The zero-order chi connectivity index (χ0) is 15.5. The highest BCUT2D eigenvalue weighted by Crippen LogP contribution is 2.15. The van der Waals surface area contributed by atoms with Crippen molar-refractivity contribution in [3.8, 4) is 0 Å². The van der Waals surface area contributed by atoms with E-state index in [4.69, 9.17) is 5.11 Å². The molecular weight excluding hydrogens is 258 g/mol. The number of carbonyl (C=O) groups is 1. The van der Waals surface area contributed by atoms with E-state index in [1.807, 2.05) is 27.7 Å². The topological polar surface area (TPSA) is 75.4 Å². The Hall–Kier alpha value is -1.85.